The van der Waals surface area contributed by atoms with Crippen LogP contribution < -0.4 is 10.6 Å². The number of hydrogen-bond donors (Lipinski definition) is 2. The van der Waals surface area contributed by atoms with Gasteiger partial charge in [0.2, 0.25) is 5.91 Å². The molecule has 0 aliphatic carbocycles. The summed E-state index contributed by atoms with van der Waals surface area (Å²) in [5, 5.41) is 6.35. The maximum Gasteiger partial charge on any atom is 0.241 e. The molecule has 0 radical (unpaired) electrons. The molecular formula is C15H21BrN2O. The monoisotopic (exact) mass is 324 g/mol. The van der Waals surface area contributed by atoms with Crippen LogP contribution in [0.4, 0.5) is 5.69 Å². The maximum absolute atomic E-state index is 12.3. The van der Waals surface area contributed by atoms with E-state index in [1.165, 1.54) is 6.42 Å². The van der Waals surface area contributed by atoms with Crippen molar-refractivity contribution >= 4 is 27.5 Å². The van der Waals surface area contributed by atoms with Gasteiger partial charge in [0.15, 0.2) is 0 Å². The normalized spacial score (nSPS) is 23.1. The first-order valence-electron chi connectivity index (χ1n) is 6.91. The summed E-state index contributed by atoms with van der Waals surface area (Å²) in [7, 11) is 0. The van der Waals surface area contributed by atoms with Crippen molar-refractivity contribution in [2.75, 3.05) is 11.9 Å². The first-order chi connectivity index (χ1) is 9.11. The molecule has 0 bridgehead atoms. The van der Waals surface area contributed by atoms with Crippen LogP contribution in [0.3, 0.4) is 0 Å². The summed E-state index contributed by atoms with van der Waals surface area (Å²) in [6.07, 6.45) is 3.27. The third-order valence-corrected chi connectivity index (χ3v) is 4.79. The molecule has 2 atom stereocenters. The molecule has 1 amide bonds. The average Bonchev–Trinajstić information content (AvgIpc) is 2.44. The van der Waals surface area contributed by atoms with Crippen molar-refractivity contribution in [1.29, 1.82) is 0 Å². The Kier molecular flexibility index (Phi) is 4.99. The summed E-state index contributed by atoms with van der Waals surface area (Å²) in [6.45, 7) is 5.14. The number of hydrogen-bond acceptors (Lipinski definition) is 2. The van der Waals surface area contributed by atoms with Crippen molar-refractivity contribution in [3.63, 3.8) is 0 Å². The molecule has 19 heavy (non-hydrogen) atoms. The van der Waals surface area contributed by atoms with Gasteiger partial charge < -0.3 is 10.6 Å². The van der Waals surface area contributed by atoms with Crippen molar-refractivity contribution in [3.8, 4) is 0 Å². The van der Waals surface area contributed by atoms with Crippen LogP contribution in [0, 0.1) is 12.8 Å². The van der Waals surface area contributed by atoms with E-state index in [0.29, 0.717) is 5.92 Å². The molecule has 0 saturated carbocycles. The summed E-state index contributed by atoms with van der Waals surface area (Å²) >= 11 is 3.49. The van der Waals surface area contributed by atoms with Crippen LogP contribution in [0.25, 0.3) is 0 Å². The van der Waals surface area contributed by atoms with E-state index in [-0.39, 0.29) is 11.9 Å². The zero-order valence-corrected chi connectivity index (χ0v) is 13.1. The topological polar surface area (TPSA) is 41.1 Å². The van der Waals surface area contributed by atoms with Crippen molar-refractivity contribution in [2.24, 2.45) is 5.92 Å². The summed E-state index contributed by atoms with van der Waals surface area (Å²) in [4.78, 5) is 12.3. The quantitative estimate of drug-likeness (QED) is 0.893. The van der Waals surface area contributed by atoms with Gasteiger partial charge >= 0.3 is 0 Å². The van der Waals surface area contributed by atoms with Gasteiger partial charge in [-0.3, -0.25) is 4.79 Å². The van der Waals surface area contributed by atoms with Crippen LogP contribution in [-0.4, -0.2) is 18.5 Å². The van der Waals surface area contributed by atoms with Crippen molar-refractivity contribution in [2.45, 2.75) is 39.2 Å². The summed E-state index contributed by atoms with van der Waals surface area (Å²) in [5.41, 5.74) is 1.96. The van der Waals surface area contributed by atoms with Gasteiger partial charge in [-0.15, -0.1) is 0 Å². The van der Waals surface area contributed by atoms with Crippen LogP contribution in [0.15, 0.2) is 22.7 Å². The molecule has 1 aliphatic heterocycles. The molecule has 1 aromatic rings. The number of anilines is 1. The molecule has 1 aliphatic rings. The minimum atomic E-state index is -0.0583. The first kappa shape index (κ1) is 14.5. The fraction of sp³-hybridized carbons (Fsp3) is 0.533. The Hall–Kier alpha value is -0.870. The minimum Gasteiger partial charge on any atom is -0.324 e. The number of carbonyl (C=O) groups is 1. The lowest BCUT2D eigenvalue weighted by Crippen LogP contribution is -2.46. The number of rotatable bonds is 3. The number of carbonyl (C=O) groups excluding carboxylic acids is 1. The second-order valence-corrected chi connectivity index (χ2v) is 6.06. The van der Waals surface area contributed by atoms with Crippen molar-refractivity contribution in [1.82, 2.24) is 5.32 Å². The minimum absolute atomic E-state index is 0.0583. The van der Waals surface area contributed by atoms with Crippen LogP contribution in [-0.2, 0) is 4.79 Å². The lowest BCUT2D eigenvalue weighted by Gasteiger charge is -2.29. The van der Waals surface area contributed by atoms with E-state index >= 15 is 0 Å². The van der Waals surface area contributed by atoms with E-state index in [4.69, 9.17) is 0 Å². The van der Waals surface area contributed by atoms with Crippen LogP contribution >= 0.6 is 15.9 Å². The highest BCUT2D eigenvalue weighted by Gasteiger charge is 2.26. The Bertz CT molecular complexity index is 461. The molecule has 1 saturated heterocycles. The van der Waals surface area contributed by atoms with E-state index in [0.717, 1.165) is 35.1 Å². The van der Waals surface area contributed by atoms with Gasteiger partial charge in [0.1, 0.15) is 0 Å². The second kappa shape index (κ2) is 6.53. The lowest BCUT2D eigenvalue weighted by molar-refractivity contribution is -0.119. The summed E-state index contributed by atoms with van der Waals surface area (Å²) < 4.78 is 1.02. The smallest absolute Gasteiger partial charge is 0.241 e. The Balaban J connectivity index is 2.02. The van der Waals surface area contributed by atoms with Gasteiger partial charge in [-0.2, -0.15) is 0 Å². The molecular weight excluding hydrogens is 304 g/mol. The van der Waals surface area contributed by atoms with Gasteiger partial charge in [0.25, 0.3) is 0 Å². The maximum atomic E-state index is 12.3. The molecule has 2 rings (SSSR count). The predicted octanol–water partition coefficient (Wildman–Crippen LogP) is 3.47. The van der Waals surface area contributed by atoms with Crippen molar-refractivity contribution < 1.29 is 4.79 Å². The molecule has 104 valence electrons. The Morgan fingerprint density at radius 3 is 3.05 bits per heavy atom. The van der Waals surface area contributed by atoms with E-state index in [9.17, 15) is 4.79 Å². The molecule has 3 nitrogen and oxygen atoms in total. The number of nitrogens with one attached hydrogen (secondary N) is 2. The number of benzene rings is 1. The lowest BCUT2D eigenvalue weighted by atomic mass is 9.90. The second-order valence-electron chi connectivity index (χ2n) is 5.21. The Morgan fingerprint density at radius 1 is 1.53 bits per heavy atom. The van der Waals surface area contributed by atoms with Gasteiger partial charge in [0.05, 0.1) is 6.04 Å². The summed E-state index contributed by atoms with van der Waals surface area (Å²) in [6, 6.07) is 5.81. The molecule has 1 fully saturated rings. The zero-order chi connectivity index (χ0) is 13.8. The zero-order valence-electron chi connectivity index (χ0n) is 11.5. The highest BCUT2D eigenvalue weighted by atomic mass is 79.9. The predicted molar refractivity (Wildman–Crippen MR) is 82.3 cm³/mol. The van der Waals surface area contributed by atoms with Crippen LogP contribution in [0.5, 0.6) is 0 Å². The molecule has 4 heteroatoms. The number of piperidine rings is 1. The van der Waals surface area contributed by atoms with Gasteiger partial charge in [-0.05, 0) is 49.9 Å². The fourth-order valence-electron chi connectivity index (χ4n) is 2.53. The van der Waals surface area contributed by atoms with E-state index in [1.54, 1.807) is 0 Å². The Labute approximate surface area is 123 Å². The third-order valence-electron chi connectivity index (χ3n) is 3.93. The first-order valence-corrected chi connectivity index (χ1v) is 7.70. The highest BCUT2D eigenvalue weighted by molar-refractivity contribution is 9.10. The molecule has 1 heterocycles. The molecule has 0 aromatic heterocycles. The molecule has 1 aromatic carbocycles. The molecule has 0 spiro atoms. The Morgan fingerprint density at radius 2 is 2.32 bits per heavy atom. The standard InChI is InChI=1S/C15H21BrN2O/c1-3-11-7-8-17-14(9-11)15(19)18-13-6-4-5-12(16)10(13)2/h4-6,11,14,17H,3,7-9H2,1-2H3,(H,18,19). The van der Waals surface area contributed by atoms with Crippen LogP contribution in [0.2, 0.25) is 0 Å². The van der Waals surface area contributed by atoms with E-state index in [1.807, 2.05) is 25.1 Å². The van der Waals surface area contributed by atoms with Gasteiger partial charge in [-0.1, -0.05) is 35.3 Å². The van der Waals surface area contributed by atoms with Gasteiger partial charge in [0, 0.05) is 10.2 Å². The SMILES string of the molecule is CCC1CCNC(C(=O)Nc2cccc(Br)c2C)C1. The molecule has 2 unspecified atom stereocenters. The highest BCUT2D eigenvalue weighted by Crippen LogP contribution is 2.25. The molecule has 2 N–H and O–H groups in total. The van der Waals surface area contributed by atoms with E-state index < -0.39 is 0 Å². The fourth-order valence-corrected chi connectivity index (χ4v) is 2.90. The van der Waals surface area contributed by atoms with Crippen LogP contribution in [0.1, 0.15) is 31.7 Å². The average molecular weight is 325 g/mol. The van der Waals surface area contributed by atoms with E-state index in [2.05, 4.69) is 33.5 Å². The number of amides is 1. The van der Waals surface area contributed by atoms with Gasteiger partial charge in [-0.25, -0.2) is 0 Å². The number of halogens is 1. The van der Waals surface area contributed by atoms with Crippen molar-refractivity contribution in [3.05, 3.63) is 28.2 Å². The largest absolute Gasteiger partial charge is 0.324 e. The third kappa shape index (κ3) is 3.57. The summed E-state index contributed by atoms with van der Waals surface area (Å²) in [5.74, 6) is 0.750.